The number of carbonyl (C=O) groups is 1. The highest BCUT2D eigenvalue weighted by atomic mass is 19.4. The molecule has 3 aromatic carbocycles. The molecular formula is C30H21F4N6O2+. The number of carbonyl (C=O) groups excluding carboxylic acids is 1. The van der Waals surface area contributed by atoms with Gasteiger partial charge in [0, 0.05) is 35.0 Å². The molecule has 1 amide bonds. The summed E-state index contributed by atoms with van der Waals surface area (Å²) in [6.07, 6.45) is -1.01. The Labute approximate surface area is 235 Å². The lowest BCUT2D eigenvalue weighted by molar-refractivity contribution is -0.688. The highest BCUT2D eigenvalue weighted by Gasteiger charge is 2.36. The quantitative estimate of drug-likeness (QED) is 0.188. The van der Waals surface area contributed by atoms with Crippen molar-refractivity contribution < 1.29 is 31.4 Å². The number of nitrogen functional groups attached to an aromatic ring is 1. The summed E-state index contributed by atoms with van der Waals surface area (Å²) in [7, 11) is 0. The number of nitrogens with two attached hydrogens (primary N) is 1. The van der Waals surface area contributed by atoms with E-state index in [2.05, 4.69) is 15.6 Å². The van der Waals surface area contributed by atoms with E-state index in [9.17, 15) is 18.0 Å². The molecule has 0 unspecified atom stereocenters. The van der Waals surface area contributed by atoms with Crippen LogP contribution in [0.25, 0.3) is 27.8 Å². The van der Waals surface area contributed by atoms with Crippen molar-refractivity contribution >= 4 is 28.4 Å². The minimum Gasteiger partial charge on any atom is -0.380 e. The molecule has 0 aliphatic heterocycles. The lowest BCUT2D eigenvalue weighted by Gasteiger charge is -2.12. The minimum atomic E-state index is -4.82. The second-order valence-electron chi connectivity index (χ2n) is 9.43. The van der Waals surface area contributed by atoms with Gasteiger partial charge in [-0.15, -0.1) is 0 Å². The fourth-order valence-corrected chi connectivity index (χ4v) is 4.62. The number of amides is 1. The zero-order chi connectivity index (χ0) is 29.4. The van der Waals surface area contributed by atoms with Crippen LogP contribution >= 0.6 is 0 Å². The largest absolute Gasteiger partial charge is 0.435 e. The summed E-state index contributed by atoms with van der Waals surface area (Å²) in [5.41, 5.74) is 6.41. The average Bonchev–Trinajstić information content (AvgIpc) is 3.59. The molecule has 0 radical (unpaired) electrons. The number of pyridine rings is 1. The Bertz CT molecular complexity index is 1930. The summed E-state index contributed by atoms with van der Waals surface area (Å²) in [5, 5.41) is 10.1. The first-order valence-electron chi connectivity index (χ1n) is 12.6. The molecule has 0 aliphatic rings. The minimum absolute atomic E-state index is 0.0283. The number of aromatic nitrogens is 4. The molecule has 3 aromatic heterocycles. The van der Waals surface area contributed by atoms with E-state index < -0.39 is 29.3 Å². The van der Waals surface area contributed by atoms with E-state index in [4.69, 9.17) is 10.3 Å². The molecule has 0 fully saturated rings. The van der Waals surface area contributed by atoms with Gasteiger partial charge in [-0.05, 0) is 42.0 Å². The highest BCUT2D eigenvalue weighted by molar-refractivity contribution is 6.04. The fourth-order valence-electron chi connectivity index (χ4n) is 4.62. The Hall–Kier alpha value is -5.52. The summed E-state index contributed by atoms with van der Waals surface area (Å²) in [4.78, 5) is 13.2. The van der Waals surface area contributed by atoms with Crippen LogP contribution in [0.1, 0.15) is 21.7 Å². The summed E-state index contributed by atoms with van der Waals surface area (Å²) in [6, 6.07) is 22.1. The summed E-state index contributed by atoms with van der Waals surface area (Å²) in [6.45, 7) is 0.507. The van der Waals surface area contributed by atoms with Gasteiger partial charge in [0.25, 0.3) is 5.91 Å². The van der Waals surface area contributed by atoms with Crippen LogP contribution in [0.15, 0.2) is 102 Å². The molecule has 0 spiro atoms. The van der Waals surface area contributed by atoms with Crippen LogP contribution in [0, 0.1) is 5.82 Å². The van der Waals surface area contributed by atoms with E-state index in [-0.39, 0.29) is 17.2 Å². The van der Waals surface area contributed by atoms with Crippen LogP contribution in [-0.2, 0) is 12.7 Å². The molecule has 3 heterocycles. The van der Waals surface area contributed by atoms with Gasteiger partial charge in [0.15, 0.2) is 36.0 Å². The van der Waals surface area contributed by atoms with E-state index in [1.54, 1.807) is 12.1 Å². The van der Waals surface area contributed by atoms with Crippen molar-refractivity contribution in [3.05, 3.63) is 120 Å². The molecule has 0 aliphatic carbocycles. The number of nitrogens with zero attached hydrogens (tertiary/aromatic N) is 4. The number of halogens is 4. The third-order valence-corrected chi connectivity index (χ3v) is 6.62. The fraction of sp³-hybridized carbons (Fsp3) is 0.0667. The maximum Gasteiger partial charge on any atom is 0.435 e. The third-order valence-electron chi connectivity index (χ3n) is 6.62. The second-order valence-corrected chi connectivity index (χ2v) is 9.43. The first-order chi connectivity index (χ1) is 20.2. The Morgan fingerprint density at radius 1 is 0.952 bits per heavy atom. The molecule has 0 atom stereocenters. The van der Waals surface area contributed by atoms with Crippen LogP contribution < -0.4 is 15.6 Å². The molecule has 42 heavy (non-hydrogen) atoms. The topological polar surface area (TPSA) is 103 Å². The molecule has 12 heteroatoms. The Balaban J connectivity index is 1.31. The van der Waals surface area contributed by atoms with Crippen LogP contribution in [0.5, 0.6) is 0 Å². The first kappa shape index (κ1) is 26.7. The number of rotatable bonds is 6. The third kappa shape index (κ3) is 5.17. The van der Waals surface area contributed by atoms with E-state index in [1.807, 2.05) is 47.3 Å². The number of hydrogen-bond donors (Lipinski definition) is 2. The maximum atomic E-state index is 15.4. The Morgan fingerprint density at radius 2 is 1.74 bits per heavy atom. The van der Waals surface area contributed by atoms with Gasteiger partial charge in [0.2, 0.25) is 0 Å². The summed E-state index contributed by atoms with van der Waals surface area (Å²) in [5.74, 6) is -1.51. The SMILES string of the molecule is Nc1noc2ccc(-n3nc(C(F)(F)F)cc3C(=O)Nc3ccc(-c4ccccc4C[n+]4ccccc4)c(F)c3)cc12. The van der Waals surface area contributed by atoms with E-state index >= 15 is 4.39 Å². The van der Waals surface area contributed by atoms with Crippen molar-refractivity contribution in [2.75, 3.05) is 11.1 Å². The van der Waals surface area contributed by atoms with Gasteiger partial charge in [-0.3, -0.25) is 4.79 Å². The van der Waals surface area contributed by atoms with Gasteiger partial charge in [0.1, 0.15) is 11.5 Å². The zero-order valence-corrected chi connectivity index (χ0v) is 21.6. The molecule has 6 rings (SSSR count). The number of nitrogens with one attached hydrogen (secondary N) is 1. The molecule has 210 valence electrons. The van der Waals surface area contributed by atoms with Gasteiger partial charge in [-0.1, -0.05) is 35.5 Å². The lowest BCUT2D eigenvalue weighted by atomic mass is 9.98. The van der Waals surface area contributed by atoms with Crippen molar-refractivity contribution in [2.24, 2.45) is 0 Å². The molecule has 8 nitrogen and oxygen atoms in total. The number of benzene rings is 3. The summed E-state index contributed by atoms with van der Waals surface area (Å²) < 4.78 is 64.0. The highest BCUT2D eigenvalue weighted by Crippen LogP contribution is 2.32. The van der Waals surface area contributed by atoms with E-state index in [0.29, 0.717) is 34.7 Å². The monoisotopic (exact) mass is 573 g/mol. The van der Waals surface area contributed by atoms with Crippen LogP contribution in [0.3, 0.4) is 0 Å². The second kappa shape index (κ2) is 10.5. The van der Waals surface area contributed by atoms with Crippen molar-refractivity contribution in [1.29, 1.82) is 0 Å². The van der Waals surface area contributed by atoms with E-state index in [0.717, 1.165) is 16.3 Å². The summed E-state index contributed by atoms with van der Waals surface area (Å²) >= 11 is 0. The average molecular weight is 574 g/mol. The number of anilines is 2. The molecule has 6 aromatic rings. The van der Waals surface area contributed by atoms with Crippen molar-refractivity contribution in [3.8, 4) is 16.8 Å². The van der Waals surface area contributed by atoms with Crippen LogP contribution in [0.4, 0.5) is 29.1 Å². The molecular weight excluding hydrogens is 552 g/mol. The van der Waals surface area contributed by atoms with Crippen LogP contribution in [-0.4, -0.2) is 20.8 Å². The lowest BCUT2D eigenvalue weighted by Crippen LogP contribution is -2.33. The maximum absolute atomic E-state index is 15.4. The van der Waals surface area contributed by atoms with Crippen molar-refractivity contribution in [2.45, 2.75) is 12.7 Å². The standard InChI is InChI=1S/C30H20F4N6O2/c31-24-14-19(8-10-22(24)21-7-3-2-6-18(21)17-39-12-4-1-5-13-39)36-29(41)25-16-27(30(32,33)34)37-40(25)20-9-11-26-23(15-20)28(35)38-42-26/h1-16H,17H2,(H2-,35,36,38,41)/p+1. The van der Waals surface area contributed by atoms with Gasteiger partial charge in [-0.2, -0.15) is 18.3 Å². The Kier molecular flexibility index (Phi) is 6.65. The van der Waals surface area contributed by atoms with Gasteiger partial charge < -0.3 is 15.6 Å². The van der Waals surface area contributed by atoms with Gasteiger partial charge in [0.05, 0.1) is 11.1 Å². The first-order valence-corrected chi connectivity index (χ1v) is 12.6. The number of fused-ring (bicyclic) bond motifs is 1. The number of alkyl halides is 3. The van der Waals surface area contributed by atoms with Gasteiger partial charge in [-0.25, -0.2) is 13.6 Å². The molecule has 0 saturated heterocycles. The molecule has 0 saturated carbocycles. The normalized spacial score (nSPS) is 11.6. The molecule has 3 N–H and O–H groups in total. The zero-order valence-electron chi connectivity index (χ0n) is 21.6. The van der Waals surface area contributed by atoms with Crippen molar-refractivity contribution in [1.82, 2.24) is 14.9 Å². The van der Waals surface area contributed by atoms with Gasteiger partial charge >= 0.3 is 6.18 Å². The Morgan fingerprint density at radius 3 is 2.50 bits per heavy atom. The number of hydrogen-bond acceptors (Lipinski definition) is 5. The van der Waals surface area contributed by atoms with E-state index in [1.165, 1.54) is 30.3 Å². The molecule has 0 bridgehead atoms. The van der Waals surface area contributed by atoms with Crippen LogP contribution in [0.2, 0.25) is 0 Å². The van der Waals surface area contributed by atoms with Crippen molar-refractivity contribution in [3.63, 3.8) is 0 Å². The predicted molar refractivity (Wildman–Crippen MR) is 146 cm³/mol. The predicted octanol–water partition coefficient (Wildman–Crippen LogP) is 6.01. The smallest absolute Gasteiger partial charge is 0.380 e.